The Balaban J connectivity index is 1.17. The molecule has 1 unspecified atom stereocenters. The average Bonchev–Trinajstić information content (AvgIpc) is 3.18. The number of rotatable bonds is 11. The summed E-state index contributed by atoms with van der Waals surface area (Å²) in [4.78, 5) is 42.6. The smallest absolute Gasteiger partial charge is 0.343 e. The Bertz CT molecular complexity index is 2100. The lowest BCUT2D eigenvalue weighted by Gasteiger charge is -2.27. The summed E-state index contributed by atoms with van der Waals surface area (Å²) in [5, 5.41) is 1.45. The number of Topliss-reactive ketones (excluding diaryl/α,β-unsaturated/α-hetero) is 1. The van der Waals surface area contributed by atoms with E-state index in [1.54, 1.807) is 78.9 Å². The highest BCUT2D eigenvalue weighted by Gasteiger charge is 2.23. The molecule has 1 aliphatic carbocycles. The summed E-state index contributed by atoms with van der Waals surface area (Å²) in [6.07, 6.45) is 10.1. The maximum Gasteiger partial charge on any atom is 0.343 e. The molecule has 5 aromatic carbocycles. The first-order valence-electron chi connectivity index (χ1n) is 17.5. The van der Waals surface area contributed by atoms with Crippen LogP contribution in [0.2, 0.25) is 0 Å². The lowest BCUT2D eigenvalue weighted by atomic mass is 9.87. The van der Waals surface area contributed by atoms with Crippen LogP contribution >= 0.6 is 0 Å². The molecule has 256 valence electrons. The highest BCUT2D eigenvalue weighted by atomic mass is 16.5. The molecule has 0 spiro atoms. The van der Waals surface area contributed by atoms with Crippen LogP contribution in [0.15, 0.2) is 139 Å². The fraction of sp³-hybridized carbons (Fsp3) is 0.205. The maximum atomic E-state index is 14.5. The number of piperidine rings is 1. The van der Waals surface area contributed by atoms with E-state index < -0.39 is 11.9 Å². The van der Waals surface area contributed by atoms with E-state index in [1.165, 1.54) is 19.3 Å². The highest BCUT2D eigenvalue weighted by molar-refractivity contribution is 6.21. The summed E-state index contributed by atoms with van der Waals surface area (Å²) in [6.45, 7) is 3.83. The number of nitrogens with zero attached hydrogens (tertiary/aromatic N) is 1. The predicted molar refractivity (Wildman–Crippen MR) is 198 cm³/mol. The largest absolute Gasteiger partial charge is 0.423 e. The molecule has 1 aliphatic heterocycles. The molecule has 7 heteroatoms. The van der Waals surface area contributed by atoms with Gasteiger partial charge in [-0.1, -0.05) is 85.3 Å². The monoisotopic (exact) mass is 677 g/mol. The van der Waals surface area contributed by atoms with Crippen molar-refractivity contribution in [3.05, 3.63) is 156 Å². The van der Waals surface area contributed by atoms with Crippen molar-refractivity contribution >= 4 is 28.5 Å². The lowest BCUT2D eigenvalue weighted by molar-refractivity contribution is 0.0609. The molecule has 1 saturated heterocycles. The summed E-state index contributed by atoms with van der Waals surface area (Å²) in [5.41, 5.74) is 3.37. The van der Waals surface area contributed by atoms with Crippen LogP contribution in [-0.4, -0.2) is 55.0 Å². The molecule has 7 rings (SSSR count). The molecule has 1 heterocycles. The standard InChI is InChI=1S/C44H39NO6/c46-42(31-17-20-36(21-18-31)49-28-27-45-25-8-3-9-26-45)41-39(34-15-10-16-37(29-34)50-43(47)32-11-4-1-5-12-32)23-19-35-30-38(22-24-40(35)41)51-44(48)33-13-6-2-7-14-33/h1-2,4-7,10-20,22-24,29-30,36H,3,8-9,21,25-28H2. The number of likely N-dealkylation sites (tertiary alicyclic amines) is 1. The molecular formula is C44H39NO6. The zero-order valence-corrected chi connectivity index (χ0v) is 28.3. The van der Waals surface area contributed by atoms with Crippen molar-refractivity contribution in [2.75, 3.05) is 26.2 Å². The molecule has 0 saturated carbocycles. The topological polar surface area (TPSA) is 82.1 Å². The van der Waals surface area contributed by atoms with Crippen LogP contribution in [-0.2, 0) is 4.74 Å². The van der Waals surface area contributed by atoms with Gasteiger partial charge in [-0.3, -0.25) is 4.79 Å². The first kappa shape index (κ1) is 33.8. The van der Waals surface area contributed by atoms with E-state index in [0.717, 1.165) is 30.6 Å². The van der Waals surface area contributed by atoms with E-state index in [9.17, 15) is 14.4 Å². The van der Waals surface area contributed by atoms with Gasteiger partial charge in [-0.2, -0.15) is 0 Å². The molecule has 5 aromatic rings. The Morgan fingerprint density at radius 2 is 1.37 bits per heavy atom. The molecule has 0 bridgehead atoms. The zero-order valence-electron chi connectivity index (χ0n) is 28.3. The maximum absolute atomic E-state index is 14.5. The molecule has 1 atom stereocenters. The SMILES string of the molecule is O=C(Oc1cccc(-c2ccc3cc(OC(=O)c4ccccc4)ccc3c2C(=O)C2=CCC(OCCN3CCCCC3)C=C2)c1)c1ccccc1. The minimum absolute atomic E-state index is 0.0869. The predicted octanol–water partition coefficient (Wildman–Crippen LogP) is 8.89. The number of ketones is 1. The molecular weight excluding hydrogens is 638 g/mol. The van der Waals surface area contributed by atoms with Gasteiger partial charge in [-0.25, -0.2) is 9.59 Å². The summed E-state index contributed by atoms with van der Waals surface area (Å²) in [5.74, 6) is -0.331. The van der Waals surface area contributed by atoms with Crippen LogP contribution in [0.4, 0.5) is 0 Å². The van der Waals surface area contributed by atoms with Crippen LogP contribution < -0.4 is 9.47 Å². The normalized spacial score (nSPS) is 16.0. The van der Waals surface area contributed by atoms with E-state index in [0.29, 0.717) is 57.7 Å². The number of benzene rings is 5. The third-order valence-electron chi connectivity index (χ3n) is 9.31. The number of carbonyl (C=O) groups excluding carboxylic acids is 3. The van der Waals surface area contributed by atoms with Crippen molar-refractivity contribution < 1.29 is 28.6 Å². The number of carbonyl (C=O) groups is 3. The van der Waals surface area contributed by atoms with Crippen molar-refractivity contribution in [2.24, 2.45) is 0 Å². The second-order valence-electron chi connectivity index (χ2n) is 12.8. The number of hydrogen-bond acceptors (Lipinski definition) is 7. The molecule has 7 nitrogen and oxygen atoms in total. The number of ether oxygens (including phenoxy) is 3. The second-order valence-corrected chi connectivity index (χ2v) is 12.8. The zero-order chi connectivity index (χ0) is 35.0. The van der Waals surface area contributed by atoms with Crippen LogP contribution in [0.1, 0.15) is 56.8 Å². The Labute approximate surface area is 297 Å². The van der Waals surface area contributed by atoms with Crippen LogP contribution in [0.25, 0.3) is 21.9 Å². The van der Waals surface area contributed by atoms with E-state index in [-0.39, 0.29) is 11.9 Å². The third-order valence-corrected chi connectivity index (χ3v) is 9.31. The van der Waals surface area contributed by atoms with Crippen molar-refractivity contribution in [2.45, 2.75) is 31.8 Å². The molecule has 2 aliphatic rings. The van der Waals surface area contributed by atoms with Gasteiger partial charge in [0.25, 0.3) is 0 Å². The van der Waals surface area contributed by atoms with E-state index in [4.69, 9.17) is 14.2 Å². The fourth-order valence-electron chi connectivity index (χ4n) is 6.62. The molecule has 1 fully saturated rings. The van der Waals surface area contributed by atoms with Gasteiger partial charge < -0.3 is 19.1 Å². The molecule has 0 amide bonds. The Hall–Kier alpha value is -5.63. The van der Waals surface area contributed by atoms with Crippen molar-refractivity contribution in [1.82, 2.24) is 4.90 Å². The first-order chi connectivity index (χ1) is 25.0. The van der Waals surface area contributed by atoms with Crippen molar-refractivity contribution in [3.8, 4) is 22.6 Å². The number of allylic oxidation sites excluding steroid dienone is 2. The van der Waals surface area contributed by atoms with Gasteiger partial charge in [-0.15, -0.1) is 0 Å². The summed E-state index contributed by atoms with van der Waals surface area (Å²) in [6, 6.07) is 33.9. The molecule has 51 heavy (non-hydrogen) atoms. The fourth-order valence-corrected chi connectivity index (χ4v) is 6.62. The van der Waals surface area contributed by atoms with Gasteiger partial charge >= 0.3 is 11.9 Å². The Kier molecular flexibility index (Phi) is 10.6. The average molecular weight is 678 g/mol. The van der Waals surface area contributed by atoms with Gasteiger partial charge in [-0.05, 0) is 109 Å². The van der Waals surface area contributed by atoms with Gasteiger partial charge in [0, 0.05) is 17.7 Å². The van der Waals surface area contributed by atoms with Gasteiger partial charge in [0.2, 0.25) is 0 Å². The Morgan fingerprint density at radius 3 is 2.04 bits per heavy atom. The first-order valence-corrected chi connectivity index (χ1v) is 17.5. The summed E-state index contributed by atoms with van der Waals surface area (Å²) < 4.78 is 17.6. The summed E-state index contributed by atoms with van der Waals surface area (Å²) >= 11 is 0. The van der Waals surface area contributed by atoms with E-state index >= 15 is 0 Å². The van der Waals surface area contributed by atoms with Gasteiger partial charge in [0.15, 0.2) is 5.78 Å². The summed E-state index contributed by atoms with van der Waals surface area (Å²) in [7, 11) is 0. The van der Waals surface area contributed by atoms with E-state index in [2.05, 4.69) is 4.90 Å². The van der Waals surface area contributed by atoms with E-state index in [1.807, 2.05) is 54.6 Å². The lowest BCUT2D eigenvalue weighted by Crippen LogP contribution is -2.33. The third kappa shape index (κ3) is 8.23. The van der Waals surface area contributed by atoms with Crippen molar-refractivity contribution in [1.29, 1.82) is 0 Å². The molecule has 0 N–H and O–H groups in total. The highest BCUT2D eigenvalue weighted by Crippen LogP contribution is 2.36. The Morgan fingerprint density at radius 1 is 0.686 bits per heavy atom. The van der Waals surface area contributed by atoms with Crippen LogP contribution in [0, 0.1) is 0 Å². The van der Waals surface area contributed by atoms with Gasteiger partial charge in [0.1, 0.15) is 11.5 Å². The number of fused-ring (bicyclic) bond motifs is 1. The van der Waals surface area contributed by atoms with Gasteiger partial charge in [0.05, 0.1) is 23.8 Å². The second kappa shape index (κ2) is 15.9. The van der Waals surface area contributed by atoms with Crippen LogP contribution in [0.3, 0.4) is 0 Å². The number of hydrogen-bond donors (Lipinski definition) is 0. The van der Waals surface area contributed by atoms with Crippen LogP contribution in [0.5, 0.6) is 11.5 Å². The quantitative estimate of drug-likeness (QED) is 0.0785. The molecule has 0 radical (unpaired) electrons. The number of esters is 2. The van der Waals surface area contributed by atoms with Crippen molar-refractivity contribution in [3.63, 3.8) is 0 Å². The minimum atomic E-state index is -0.467. The minimum Gasteiger partial charge on any atom is -0.423 e. The molecule has 0 aromatic heterocycles.